The van der Waals surface area contributed by atoms with Crippen LogP contribution in [0.15, 0.2) is 18.2 Å². The Balaban J connectivity index is 1.90. The molecule has 2 unspecified atom stereocenters. The zero-order valence-electron chi connectivity index (χ0n) is 9.99. The van der Waals surface area contributed by atoms with E-state index in [0.29, 0.717) is 13.2 Å². The maximum atomic E-state index is 13.6. The second kappa shape index (κ2) is 5.47. The second-order valence-corrected chi connectivity index (χ2v) is 4.43. The van der Waals surface area contributed by atoms with Crippen molar-refractivity contribution >= 4 is 0 Å². The van der Waals surface area contributed by atoms with Gasteiger partial charge in [-0.2, -0.15) is 0 Å². The summed E-state index contributed by atoms with van der Waals surface area (Å²) in [7, 11) is 0. The van der Waals surface area contributed by atoms with Gasteiger partial charge in [0.1, 0.15) is 6.61 Å². The minimum Gasteiger partial charge on any atom is -0.488 e. The zero-order chi connectivity index (χ0) is 12.3. The summed E-state index contributed by atoms with van der Waals surface area (Å²) in [5.41, 5.74) is 6.19. The first-order valence-corrected chi connectivity index (χ1v) is 5.96. The highest BCUT2D eigenvalue weighted by Crippen LogP contribution is 2.22. The van der Waals surface area contributed by atoms with E-state index in [2.05, 4.69) is 0 Å². The normalized spacial score (nSPS) is 23.9. The monoisotopic (exact) mass is 239 g/mol. The minimum atomic E-state index is -0.362. The van der Waals surface area contributed by atoms with Crippen molar-refractivity contribution in [3.8, 4) is 5.75 Å². The highest BCUT2D eigenvalue weighted by Gasteiger charge is 2.22. The molecule has 0 saturated carbocycles. The van der Waals surface area contributed by atoms with Gasteiger partial charge in [-0.3, -0.25) is 0 Å². The topological polar surface area (TPSA) is 44.5 Å². The molecule has 94 valence electrons. The van der Waals surface area contributed by atoms with Gasteiger partial charge in [-0.15, -0.1) is 0 Å². The molecule has 0 amide bonds. The van der Waals surface area contributed by atoms with Crippen LogP contribution in [0.1, 0.15) is 25.3 Å². The number of halogens is 1. The Morgan fingerprint density at radius 3 is 2.88 bits per heavy atom. The minimum absolute atomic E-state index is 0.0820. The van der Waals surface area contributed by atoms with Crippen LogP contribution in [0.5, 0.6) is 5.75 Å². The first kappa shape index (κ1) is 12.3. The van der Waals surface area contributed by atoms with E-state index in [9.17, 15) is 4.39 Å². The van der Waals surface area contributed by atoms with Crippen molar-refractivity contribution in [2.24, 2.45) is 5.73 Å². The highest BCUT2D eigenvalue weighted by molar-refractivity contribution is 5.29. The Hall–Kier alpha value is -1.13. The lowest BCUT2D eigenvalue weighted by atomic mass is 10.2. The standard InChI is InChI=1S/C13H18FNO2/c1-9-2-4-11(17-9)8-16-13-5-3-10(7-15)6-12(13)14/h3,5-6,9,11H,2,4,7-8,15H2,1H3. The summed E-state index contributed by atoms with van der Waals surface area (Å²) in [4.78, 5) is 0. The number of rotatable bonds is 4. The van der Waals surface area contributed by atoms with Gasteiger partial charge in [0.15, 0.2) is 11.6 Å². The molecule has 1 saturated heterocycles. The Labute approximate surface area is 101 Å². The molecule has 2 N–H and O–H groups in total. The van der Waals surface area contributed by atoms with Gasteiger partial charge in [-0.25, -0.2) is 4.39 Å². The fourth-order valence-electron chi connectivity index (χ4n) is 1.98. The zero-order valence-corrected chi connectivity index (χ0v) is 9.99. The molecule has 0 spiro atoms. The van der Waals surface area contributed by atoms with Crippen LogP contribution >= 0.6 is 0 Å². The smallest absolute Gasteiger partial charge is 0.165 e. The van der Waals surface area contributed by atoms with E-state index < -0.39 is 0 Å². The predicted molar refractivity (Wildman–Crippen MR) is 63.4 cm³/mol. The highest BCUT2D eigenvalue weighted by atomic mass is 19.1. The van der Waals surface area contributed by atoms with Gasteiger partial charge in [0.25, 0.3) is 0 Å². The molecule has 0 aliphatic carbocycles. The fourth-order valence-corrected chi connectivity index (χ4v) is 1.98. The summed E-state index contributed by atoms with van der Waals surface area (Å²) >= 11 is 0. The van der Waals surface area contributed by atoms with Gasteiger partial charge < -0.3 is 15.2 Å². The van der Waals surface area contributed by atoms with E-state index in [1.165, 1.54) is 6.07 Å². The lowest BCUT2D eigenvalue weighted by Gasteiger charge is -2.13. The maximum Gasteiger partial charge on any atom is 0.165 e. The third-order valence-corrected chi connectivity index (χ3v) is 2.98. The van der Waals surface area contributed by atoms with Crippen LogP contribution in [0.2, 0.25) is 0 Å². The molecular weight excluding hydrogens is 221 g/mol. The van der Waals surface area contributed by atoms with Gasteiger partial charge in [-0.1, -0.05) is 6.07 Å². The van der Waals surface area contributed by atoms with Gasteiger partial charge in [0.2, 0.25) is 0 Å². The van der Waals surface area contributed by atoms with Crippen LogP contribution in [0.4, 0.5) is 4.39 Å². The number of hydrogen-bond acceptors (Lipinski definition) is 3. The number of ether oxygens (including phenoxy) is 2. The molecule has 17 heavy (non-hydrogen) atoms. The summed E-state index contributed by atoms with van der Waals surface area (Å²) < 4.78 is 24.6. The fraction of sp³-hybridized carbons (Fsp3) is 0.538. The number of hydrogen-bond donors (Lipinski definition) is 1. The van der Waals surface area contributed by atoms with Crippen molar-refractivity contribution in [2.75, 3.05) is 6.61 Å². The average Bonchev–Trinajstić information content (AvgIpc) is 2.73. The summed E-state index contributed by atoms with van der Waals surface area (Å²) in [6.07, 6.45) is 2.39. The number of nitrogens with two attached hydrogens (primary N) is 1. The Bertz CT molecular complexity index is 384. The van der Waals surface area contributed by atoms with Crippen LogP contribution in [-0.2, 0) is 11.3 Å². The van der Waals surface area contributed by atoms with Gasteiger partial charge in [0, 0.05) is 6.54 Å². The molecule has 3 nitrogen and oxygen atoms in total. The molecule has 0 radical (unpaired) electrons. The second-order valence-electron chi connectivity index (χ2n) is 4.43. The van der Waals surface area contributed by atoms with Crippen LogP contribution in [0, 0.1) is 5.82 Å². The van der Waals surface area contributed by atoms with Crippen LogP contribution in [0.25, 0.3) is 0 Å². The molecule has 1 fully saturated rings. The Morgan fingerprint density at radius 2 is 2.29 bits per heavy atom. The molecule has 0 aromatic heterocycles. The third-order valence-electron chi connectivity index (χ3n) is 2.98. The van der Waals surface area contributed by atoms with Gasteiger partial charge in [0.05, 0.1) is 12.2 Å². The van der Waals surface area contributed by atoms with Crippen LogP contribution < -0.4 is 10.5 Å². The summed E-state index contributed by atoms with van der Waals surface area (Å²) in [6.45, 7) is 2.78. The SMILES string of the molecule is CC1CCC(COc2ccc(CN)cc2F)O1. The van der Waals surface area contributed by atoms with Crippen molar-refractivity contribution in [2.45, 2.75) is 38.5 Å². The van der Waals surface area contributed by atoms with E-state index >= 15 is 0 Å². The molecule has 1 aromatic carbocycles. The Kier molecular flexibility index (Phi) is 3.97. The molecule has 1 aliphatic heterocycles. The van der Waals surface area contributed by atoms with E-state index in [1.807, 2.05) is 6.92 Å². The van der Waals surface area contributed by atoms with E-state index in [-0.39, 0.29) is 23.8 Å². The molecular formula is C13H18FNO2. The van der Waals surface area contributed by atoms with E-state index in [0.717, 1.165) is 18.4 Å². The summed E-state index contributed by atoms with van der Waals surface area (Å²) in [5.74, 6) is -0.0932. The number of benzene rings is 1. The van der Waals surface area contributed by atoms with E-state index in [1.54, 1.807) is 12.1 Å². The van der Waals surface area contributed by atoms with Crippen molar-refractivity contribution in [3.63, 3.8) is 0 Å². The molecule has 2 atom stereocenters. The first-order chi connectivity index (χ1) is 8.19. The molecule has 1 aliphatic rings. The quantitative estimate of drug-likeness (QED) is 0.876. The van der Waals surface area contributed by atoms with Crippen molar-refractivity contribution in [3.05, 3.63) is 29.6 Å². The van der Waals surface area contributed by atoms with Crippen LogP contribution in [0.3, 0.4) is 0 Å². The summed E-state index contributed by atoms with van der Waals surface area (Å²) in [5, 5.41) is 0. The van der Waals surface area contributed by atoms with Crippen molar-refractivity contribution in [1.29, 1.82) is 0 Å². The Morgan fingerprint density at radius 1 is 1.47 bits per heavy atom. The molecule has 1 heterocycles. The third kappa shape index (κ3) is 3.17. The average molecular weight is 239 g/mol. The van der Waals surface area contributed by atoms with Crippen LogP contribution in [-0.4, -0.2) is 18.8 Å². The first-order valence-electron chi connectivity index (χ1n) is 5.96. The largest absolute Gasteiger partial charge is 0.488 e. The maximum absolute atomic E-state index is 13.6. The molecule has 2 rings (SSSR count). The van der Waals surface area contributed by atoms with Crippen molar-refractivity contribution in [1.82, 2.24) is 0 Å². The lowest BCUT2D eigenvalue weighted by molar-refractivity contribution is 0.0256. The lowest BCUT2D eigenvalue weighted by Crippen LogP contribution is -2.18. The van der Waals surface area contributed by atoms with Gasteiger partial charge >= 0.3 is 0 Å². The summed E-state index contributed by atoms with van der Waals surface area (Å²) in [6, 6.07) is 4.81. The molecule has 1 aromatic rings. The predicted octanol–water partition coefficient (Wildman–Crippen LogP) is 2.23. The van der Waals surface area contributed by atoms with Crippen molar-refractivity contribution < 1.29 is 13.9 Å². The molecule has 4 heteroatoms. The molecule has 0 bridgehead atoms. The van der Waals surface area contributed by atoms with E-state index in [4.69, 9.17) is 15.2 Å². The van der Waals surface area contributed by atoms with Gasteiger partial charge in [-0.05, 0) is 37.5 Å².